The van der Waals surface area contributed by atoms with Crippen LogP contribution in [0.4, 0.5) is 5.69 Å². The Morgan fingerprint density at radius 2 is 1.94 bits per heavy atom. The molecule has 2 N–H and O–H groups in total. The summed E-state index contributed by atoms with van der Waals surface area (Å²) in [6, 6.07) is 8.54. The average Bonchev–Trinajstić information content (AvgIpc) is 2.39. The van der Waals surface area contributed by atoms with Crippen molar-refractivity contribution in [3.05, 3.63) is 24.3 Å². The first kappa shape index (κ1) is 13.8. The molecule has 1 rings (SSSR count). The Morgan fingerprint density at radius 3 is 2.41 bits per heavy atom. The van der Waals surface area contributed by atoms with Crippen LogP contribution < -0.4 is 15.4 Å². The number of ether oxygens (including phenoxy) is 1. The van der Waals surface area contributed by atoms with Crippen molar-refractivity contribution in [2.75, 3.05) is 25.6 Å². The lowest BCUT2D eigenvalue weighted by Crippen LogP contribution is -2.37. The van der Waals surface area contributed by atoms with Gasteiger partial charge in [-0.05, 0) is 30.7 Å². The van der Waals surface area contributed by atoms with Crippen LogP contribution in [0.3, 0.4) is 0 Å². The first-order valence-electron chi connectivity index (χ1n) is 6.29. The van der Waals surface area contributed by atoms with Gasteiger partial charge in [0.1, 0.15) is 5.75 Å². The molecule has 0 spiro atoms. The van der Waals surface area contributed by atoms with Crippen LogP contribution in [-0.2, 0) is 0 Å². The van der Waals surface area contributed by atoms with Crippen LogP contribution in [0.5, 0.6) is 5.75 Å². The van der Waals surface area contributed by atoms with Gasteiger partial charge < -0.3 is 15.4 Å². The summed E-state index contributed by atoms with van der Waals surface area (Å²) in [7, 11) is 3.79. The maximum atomic E-state index is 5.84. The number of anilines is 1. The lowest BCUT2D eigenvalue weighted by molar-refractivity contribution is 0.414. The molecule has 1 atom stereocenters. The smallest absolute Gasteiger partial charge is 0.119 e. The number of methoxy groups -OCH3 is 1. The van der Waals surface area contributed by atoms with Crippen LogP contribution in [0.1, 0.15) is 26.2 Å². The number of hydrogen-bond acceptors (Lipinski definition) is 3. The van der Waals surface area contributed by atoms with E-state index in [4.69, 9.17) is 10.5 Å². The highest BCUT2D eigenvalue weighted by molar-refractivity contribution is 5.49. The van der Waals surface area contributed by atoms with Crippen LogP contribution >= 0.6 is 0 Å². The fourth-order valence-corrected chi connectivity index (χ4v) is 1.94. The largest absolute Gasteiger partial charge is 0.497 e. The second kappa shape index (κ2) is 7.17. The minimum absolute atomic E-state index is 0.420. The second-order valence-electron chi connectivity index (χ2n) is 4.34. The van der Waals surface area contributed by atoms with Gasteiger partial charge in [-0.3, -0.25) is 0 Å². The Balaban J connectivity index is 2.67. The van der Waals surface area contributed by atoms with Gasteiger partial charge in [-0.25, -0.2) is 0 Å². The van der Waals surface area contributed by atoms with Crippen molar-refractivity contribution in [1.82, 2.24) is 0 Å². The maximum Gasteiger partial charge on any atom is 0.119 e. The highest BCUT2D eigenvalue weighted by atomic mass is 16.5. The van der Waals surface area contributed by atoms with E-state index in [2.05, 4.69) is 31.0 Å². The third-order valence-electron chi connectivity index (χ3n) is 3.19. The van der Waals surface area contributed by atoms with Crippen molar-refractivity contribution in [2.24, 2.45) is 5.73 Å². The molecule has 1 unspecified atom stereocenters. The van der Waals surface area contributed by atoms with Crippen LogP contribution in [0.15, 0.2) is 24.3 Å². The van der Waals surface area contributed by atoms with Crippen LogP contribution in [0.2, 0.25) is 0 Å². The molecule has 0 saturated carbocycles. The fourth-order valence-electron chi connectivity index (χ4n) is 1.94. The fraction of sp³-hybridized carbons (Fsp3) is 0.571. The van der Waals surface area contributed by atoms with Gasteiger partial charge in [-0.1, -0.05) is 19.8 Å². The van der Waals surface area contributed by atoms with Gasteiger partial charge in [0.05, 0.1) is 7.11 Å². The minimum Gasteiger partial charge on any atom is -0.497 e. The Labute approximate surface area is 105 Å². The van der Waals surface area contributed by atoms with E-state index in [9.17, 15) is 0 Å². The summed E-state index contributed by atoms with van der Waals surface area (Å²) in [5, 5.41) is 0. The topological polar surface area (TPSA) is 38.5 Å². The first-order chi connectivity index (χ1) is 8.22. The highest BCUT2D eigenvalue weighted by Gasteiger charge is 2.12. The van der Waals surface area contributed by atoms with E-state index in [0.29, 0.717) is 12.6 Å². The van der Waals surface area contributed by atoms with Gasteiger partial charge in [-0.15, -0.1) is 0 Å². The number of unbranched alkanes of at least 4 members (excludes halogenated alkanes) is 1. The molecule has 1 aromatic carbocycles. The SMILES string of the molecule is CCCCC(CN)N(C)c1ccc(OC)cc1. The molecule has 0 bridgehead atoms. The number of benzene rings is 1. The zero-order valence-corrected chi connectivity index (χ0v) is 11.1. The maximum absolute atomic E-state index is 5.84. The molecule has 17 heavy (non-hydrogen) atoms. The molecule has 0 radical (unpaired) electrons. The van der Waals surface area contributed by atoms with E-state index in [1.54, 1.807) is 7.11 Å². The van der Waals surface area contributed by atoms with E-state index in [0.717, 1.165) is 12.2 Å². The molecule has 0 saturated heterocycles. The molecule has 0 heterocycles. The monoisotopic (exact) mass is 236 g/mol. The van der Waals surface area contributed by atoms with Crippen LogP contribution in [0.25, 0.3) is 0 Å². The molecule has 3 nitrogen and oxygen atoms in total. The Kier molecular flexibility index (Phi) is 5.84. The van der Waals surface area contributed by atoms with E-state index in [1.807, 2.05) is 12.1 Å². The minimum atomic E-state index is 0.420. The van der Waals surface area contributed by atoms with Crippen molar-refractivity contribution in [3.8, 4) is 5.75 Å². The average molecular weight is 236 g/mol. The Bertz CT molecular complexity index is 311. The van der Waals surface area contributed by atoms with E-state index in [-0.39, 0.29) is 0 Å². The molecule has 0 aromatic heterocycles. The third kappa shape index (κ3) is 3.93. The molecular formula is C14H24N2O. The van der Waals surface area contributed by atoms with E-state index < -0.39 is 0 Å². The predicted octanol–water partition coefficient (Wildman–Crippen LogP) is 2.65. The van der Waals surface area contributed by atoms with Gasteiger partial charge in [0.2, 0.25) is 0 Å². The van der Waals surface area contributed by atoms with Gasteiger partial charge >= 0.3 is 0 Å². The lowest BCUT2D eigenvalue weighted by Gasteiger charge is -2.29. The van der Waals surface area contributed by atoms with Crippen LogP contribution in [-0.4, -0.2) is 26.7 Å². The van der Waals surface area contributed by atoms with Gasteiger partial charge in [0.15, 0.2) is 0 Å². The summed E-state index contributed by atoms with van der Waals surface area (Å²) in [6.07, 6.45) is 3.59. The summed E-state index contributed by atoms with van der Waals surface area (Å²) in [4.78, 5) is 2.26. The molecule has 0 aliphatic carbocycles. The zero-order valence-electron chi connectivity index (χ0n) is 11.1. The van der Waals surface area contributed by atoms with Gasteiger partial charge in [0.25, 0.3) is 0 Å². The summed E-state index contributed by atoms with van der Waals surface area (Å²) < 4.78 is 5.16. The van der Waals surface area contributed by atoms with E-state index in [1.165, 1.54) is 18.5 Å². The summed E-state index contributed by atoms with van der Waals surface area (Å²) in [5.41, 5.74) is 7.03. The molecular weight excluding hydrogens is 212 g/mol. The molecule has 3 heteroatoms. The molecule has 0 amide bonds. The zero-order chi connectivity index (χ0) is 12.7. The van der Waals surface area contributed by atoms with Crippen molar-refractivity contribution in [2.45, 2.75) is 32.2 Å². The first-order valence-corrected chi connectivity index (χ1v) is 6.29. The molecule has 1 aromatic rings. The number of nitrogens with zero attached hydrogens (tertiary/aromatic N) is 1. The van der Waals surface area contributed by atoms with Gasteiger partial charge in [0, 0.05) is 25.3 Å². The summed E-state index contributed by atoms with van der Waals surface area (Å²) in [6.45, 7) is 2.91. The van der Waals surface area contributed by atoms with E-state index >= 15 is 0 Å². The molecule has 96 valence electrons. The molecule has 0 aliphatic heterocycles. The lowest BCUT2D eigenvalue weighted by atomic mass is 10.1. The number of hydrogen-bond donors (Lipinski definition) is 1. The van der Waals surface area contributed by atoms with Crippen molar-refractivity contribution >= 4 is 5.69 Å². The van der Waals surface area contributed by atoms with Crippen LogP contribution in [0, 0.1) is 0 Å². The van der Waals surface area contributed by atoms with Crippen molar-refractivity contribution in [3.63, 3.8) is 0 Å². The third-order valence-corrected chi connectivity index (χ3v) is 3.19. The van der Waals surface area contributed by atoms with Crippen molar-refractivity contribution in [1.29, 1.82) is 0 Å². The molecule has 0 fully saturated rings. The van der Waals surface area contributed by atoms with Gasteiger partial charge in [-0.2, -0.15) is 0 Å². The summed E-state index contributed by atoms with van der Waals surface area (Å²) >= 11 is 0. The second-order valence-corrected chi connectivity index (χ2v) is 4.34. The highest BCUT2D eigenvalue weighted by Crippen LogP contribution is 2.21. The number of rotatable bonds is 7. The molecule has 0 aliphatic rings. The summed E-state index contributed by atoms with van der Waals surface area (Å²) in [5.74, 6) is 0.889. The number of nitrogens with two attached hydrogens (primary N) is 1. The standard InChI is InChI=1S/C14H24N2O/c1-4-5-6-13(11-15)16(2)12-7-9-14(17-3)10-8-12/h7-10,13H,4-6,11,15H2,1-3H3. The quantitative estimate of drug-likeness (QED) is 0.791. The Morgan fingerprint density at radius 1 is 1.29 bits per heavy atom. The van der Waals surface area contributed by atoms with Crippen molar-refractivity contribution < 1.29 is 4.74 Å². The Hall–Kier alpha value is -1.22. The number of likely N-dealkylation sites (N-methyl/N-ethyl adjacent to an activating group) is 1. The normalized spacial score (nSPS) is 12.2. The predicted molar refractivity (Wildman–Crippen MR) is 73.8 cm³/mol.